The van der Waals surface area contributed by atoms with Gasteiger partial charge in [0.2, 0.25) is 0 Å². The zero-order chi connectivity index (χ0) is 12.5. The van der Waals surface area contributed by atoms with Crippen LogP contribution in [0.5, 0.6) is 0 Å². The minimum Gasteiger partial charge on any atom is -0.363 e. The molecule has 0 amide bonds. The van der Waals surface area contributed by atoms with Crippen molar-refractivity contribution in [3.05, 3.63) is 0 Å². The van der Waals surface area contributed by atoms with Crippen LogP contribution in [-0.2, 0) is 0 Å². The standard InChI is InChI=1S/C15H26N2S/c1-2-3-4-16-15(18)17-14-12-6-10-5-11(8-12)9-13(14)7-10/h10-14H,2-9H2,1H3,(H2,16,17,18). The third-order valence-corrected chi connectivity index (χ3v) is 5.60. The Morgan fingerprint density at radius 3 is 2.22 bits per heavy atom. The molecule has 0 aromatic heterocycles. The second-order valence-corrected chi connectivity index (χ2v) is 7.12. The third-order valence-electron chi connectivity index (χ3n) is 5.34. The van der Waals surface area contributed by atoms with E-state index in [1.54, 1.807) is 0 Å². The van der Waals surface area contributed by atoms with Crippen LogP contribution in [-0.4, -0.2) is 17.7 Å². The molecular weight excluding hydrogens is 240 g/mol. The lowest BCUT2D eigenvalue weighted by Gasteiger charge is -2.54. The number of hydrogen-bond donors (Lipinski definition) is 2. The summed E-state index contributed by atoms with van der Waals surface area (Å²) in [5, 5.41) is 7.91. The van der Waals surface area contributed by atoms with Crippen molar-refractivity contribution in [2.75, 3.05) is 6.54 Å². The molecule has 0 aromatic carbocycles. The monoisotopic (exact) mass is 266 g/mol. The summed E-state index contributed by atoms with van der Waals surface area (Å²) in [7, 11) is 0. The number of rotatable bonds is 4. The molecule has 4 saturated carbocycles. The van der Waals surface area contributed by atoms with E-state index in [-0.39, 0.29) is 0 Å². The van der Waals surface area contributed by atoms with E-state index in [1.807, 2.05) is 0 Å². The van der Waals surface area contributed by atoms with Crippen molar-refractivity contribution in [2.24, 2.45) is 23.7 Å². The van der Waals surface area contributed by atoms with E-state index < -0.39 is 0 Å². The maximum absolute atomic E-state index is 5.44. The zero-order valence-electron chi connectivity index (χ0n) is 11.5. The summed E-state index contributed by atoms with van der Waals surface area (Å²) in [4.78, 5) is 0. The molecule has 0 unspecified atom stereocenters. The Kier molecular flexibility index (Phi) is 3.78. The van der Waals surface area contributed by atoms with Crippen LogP contribution in [0.15, 0.2) is 0 Å². The summed E-state index contributed by atoms with van der Waals surface area (Å²) in [5.74, 6) is 3.92. The van der Waals surface area contributed by atoms with Crippen LogP contribution in [0.4, 0.5) is 0 Å². The highest BCUT2D eigenvalue weighted by molar-refractivity contribution is 7.80. The van der Waals surface area contributed by atoms with Crippen molar-refractivity contribution in [1.82, 2.24) is 10.6 Å². The Hall–Kier alpha value is -0.310. The van der Waals surface area contributed by atoms with Gasteiger partial charge in [-0.25, -0.2) is 0 Å². The van der Waals surface area contributed by atoms with Gasteiger partial charge in [-0.3, -0.25) is 0 Å². The highest BCUT2D eigenvalue weighted by Crippen LogP contribution is 2.53. The molecule has 0 atom stereocenters. The molecule has 0 aromatic rings. The normalized spacial score (nSPS) is 40.8. The van der Waals surface area contributed by atoms with Gasteiger partial charge in [-0.1, -0.05) is 13.3 Å². The molecule has 0 spiro atoms. The third kappa shape index (κ3) is 2.52. The maximum Gasteiger partial charge on any atom is 0.166 e. The molecular formula is C15H26N2S. The zero-order valence-corrected chi connectivity index (χ0v) is 12.3. The number of unbranched alkanes of at least 4 members (excludes halogenated alkanes) is 1. The summed E-state index contributed by atoms with van der Waals surface area (Å²) in [6.07, 6.45) is 9.81. The molecule has 4 aliphatic rings. The van der Waals surface area contributed by atoms with E-state index in [9.17, 15) is 0 Å². The Morgan fingerprint density at radius 2 is 1.67 bits per heavy atom. The van der Waals surface area contributed by atoms with Crippen molar-refractivity contribution >= 4 is 17.3 Å². The SMILES string of the molecule is CCCCNC(=S)NC1C2CC3CC(C2)CC1C3. The molecule has 0 aliphatic heterocycles. The van der Waals surface area contributed by atoms with Gasteiger partial charge in [-0.2, -0.15) is 0 Å². The first-order chi connectivity index (χ1) is 8.76. The van der Waals surface area contributed by atoms with Gasteiger partial charge in [0, 0.05) is 12.6 Å². The summed E-state index contributed by atoms with van der Waals surface area (Å²) in [6.45, 7) is 3.24. The van der Waals surface area contributed by atoms with E-state index in [0.717, 1.165) is 35.3 Å². The first-order valence-corrected chi connectivity index (χ1v) is 8.21. The molecule has 4 bridgehead atoms. The van der Waals surface area contributed by atoms with Crippen LogP contribution < -0.4 is 10.6 Å². The smallest absolute Gasteiger partial charge is 0.166 e. The van der Waals surface area contributed by atoms with Gasteiger partial charge in [0.25, 0.3) is 0 Å². The lowest BCUT2D eigenvalue weighted by Crippen LogP contribution is -2.57. The van der Waals surface area contributed by atoms with Crippen LogP contribution >= 0.6 is 12.2 Å². The van der Waals surface area contributed by atoms with Gasteiger partial charge >= 0.3 is 0 Å². The Bertz CT molecular complexity index is 288. The second-order valence-electron chi connectivity index (χ2n) is 6.71. The van der Waals surface area contributed by atoms with Crippen molar-refractivity contribution < 1.29 is 0 Å². The largest absolute Gasteiger partial charge is 0.363 e. The van der Waals surface area contributed by atoms with E-state index in [2.05, 4.69) is 17.6 Å². The van der Waals surface area contributed by atoms with Crippen LogP contribution in [0.1, 0.15) is 51.9 Å². The molecule has 0 heterocycles. The minimum absolute atomic E-state index is 0.680. The van der Waals surface area contributed by atoms with E-state index in [1.165, 1.54) is 44.9 Å². The van der Waals surface area contributed by atoms with Gasteiger partial charge in [-0.15, -0.1) is 0 Å². The summed E-state index contributed by atoms with van der Waals surface area (Å²) in [6, 6.07) is 0.680. The molecule has 4 aliphatic carbocycles. The second kappa shape index (κ2) is 5.36. The average Bonchev–Trinajstić information content (AvgIpc) is 2.33. The molecule has 0 radical (unpaired) electrons. The fourth-order valence-electron chi connectivity index (χ4n) is 4.74. The summed E-state index contributed by atoms with van der Waals surface area (Å²) >= 11 is 5.44. The molecule has 3 heteroatoms. The first-order valence-electron chi connectivity index (χ1n) is 7.80. The summed E-state index contributed by atoms with van der Waals surface area (Å²) in [5.41, 5.74) is 0. The van der Waals surface area contributed by atoms with Crippen molar-refractivity contribution in [3.63, 3.8) is 0 Å². The van der Waals surface area contributed by atoms with Crippen LogP contribution in [0, 0.1) is 23.7 Å². The average molecular weight is 266 g/mol. The maximum atomic E-state index is 5.44. The van der Waals surface area contributed by atoms with Crippen LogP contribution in [0.2, 0.25) is 0 Å². The molecule has 2 nitrogen and oxygen atoms in total. The first kappa shape index (κ1) is 12.7. The summed E-state index contributed by atoms with van der Waals surface area (Å²) < 4.78 is 0. The van der Waals surface area contributed by atoms with Crippen molar-refractivity contribution in [1.29, 1.82) is 0 Å². The fourth-order valence-corrected chi connectivity index (χ4v) is 4.98. The quantitative estimate of drug-likeness (QED) is 0.604. The Labute approximate surface area is 116 Å². The molecule has 4 fully saturated rings. The topological polar surface area (TPSA) is 24.1 Å². The predicted octanol–water partition coefficient (Wildman–Crippen LogP) is 3.08. The van der Waals surface area contributed by atoms with Gasteiger partial charge in [-0.05, 0) is 74.4 Å². The molecule has 18 heavy (non-hydrogen) atoms. The molecule has 2 N–H and O–H groups in total. The van der Waals surface area contributed by atoms with Crippen LogP contribution in [0.3, 0.4) is 0 Å². The van der Waals surface area contributed by atoms with Gasteiger partial charge in [0.05, 0.1) is 0 Å². The predicted molar refractivity (Wildman–Crippen MR) is 79.5 cm³/mol. The van der Waals surface area contributed by atoms with Gasteiger partial charge < -0.3 is 10.6 Å². The molecule has 0 saturated heterocycles. The number of thiocarbonyl (C=S) groups is 1. The highest BCUT2D eigenvalue weighted by atomic mass is 32.1. The number of nitrogens with one attached hydrogen (secondary N) is 2. The van der Waals surface area contributed by atoms with Gasteiger partial charge in [0.1, 0.15) is 0 Å². The van der Waals surface area contributed by atoms with E-state index in [4.69, 9.17) is 12.2 Å². The highest BCUT2D eigenvalue weighted by Gasteiger charge is 2.48. The van der Waals surface area contributed by atoms with Gasteiger partial charge in [0.15, 0.2) is 5.11 Å². The minimum atomic E-state index is 0.680. The Morgan fingerprint density at radius 1 is 1.06 bits per heavy atom. The molecule has 4 rings (SSSR count). The van der Waals surface area contributed by atoms with E-state index in [0.29, 0.717) is 6.04 Å². The number of hydrogen-bond acceptors (Lipinski definition) is 1. The van der Waals surface area contributed by atoms with Crippen molar-refractivity contribution in [3.8, 4) is 0 Å². The van der Waals surface area contributed by atoms with Crippen molar-refractivity contribution in [2.45, 2.75) is 57.9 Å². The Balaban J connectivity index is 1.52. The lowest BCUT2D eigenvalue weighted by molar-refractivity contribution is -0.00693. The molecule has 102 valence electrons. The van der Waals surface area contributed by atoms with Crippen LogP contribution in [0.25, 0.3) is 0 Å². The fraction of sp³-hybridized carbons (Fsp3) is 0.933. The van der Waals surface area contributed by atoms with E-state index >= 15 is 0 Å². The lowest BCUT2D eigenvalue weighted by atomic mass is 9.54.